The van der Waals surface area contributed by atoms with E-state index in [4.69, 9.17) is 9.52 Å². The maximum absolute atomic E-state index is 12.4. The predicted octanol–water partition coefficient (Wildman–Crippen LogP) is 1.80. The largest absolute Gasteiger partial charge is 0.481 e. The smallest absolute Gasteiger partial charge is 0.417 e. The van der Waals surface area contributed by atoms with Crippen molar-refractivity contribution in [1.29, 1.82) is 0 Å². The van der Waals surface area contributed by atoms with Gasteiger partial charge < -0.3 is 9.52 Å². The first-order valence-electron chi connectivity index (χ1n) is 6.46. The van der Waals surface area contributed by atoms with Crippen LogP contribution in [-0.4, -0.2) is 21.8 Å². The topological polar surface area (TPSA) is 100 Å². The zero-order valence-electron chi connectivity index (χ0n) is 10.6. The first-order chi connectivity index (χ1) is 9.56. The molecule has 1 aromatic heterocycles. The minimum atomic E-state index is -0.921. The molecule has 0 radical (unpaired) electrons. The number of hydrogen-bond donors (Lipinski definition) is 2. The summed E-state index contributed by atoms with van der Waals surface area (Å²) in [6, 6.07) is 4.68. The summed E-state index contributed by atoms with van der Waals surface area (Å²) in [6.07, 6.45) is 1.87. The molecular formula is C14H13NO5. The second-order valence-corrected chi connectivity index (χ2v) is 5.07. The Morgan fingerprint density at radius 3 is 2.75 bits per heavy atom. The molecule has 1 aromatic carbocycles. The Labute approximate surface area is 113 Å². The van der Waals surface area contributed by atoms with Crippen molar-refractivity contribution in [3.8, 4) is 0 Å². The molecule has 1 aliphatic carbocycles. The van der Waals surface area contributed by atoms with Gasteiger partial charge in [-0.1, -0.05) is 6.42 Å². The van der Waals surface area contributed by atoms with E-state index in [1.54, 1.807) is 12.1 Å². The molecular weight excluding hydrogens is 262 g/mol. The molecule has 1 aliphatic rings. The normalized spacial score (nSPS) is 22.2. The maximum Gasteiger partial charge on any atom is 0.417 e. The van der Waals surface area contributed by atoms with E-state index in [0.717, 1.165) is 6.42 Å². The molecule has 104 valence electrons. The molecule has 0 bridgehead atoms. The number of aromatic amines is 1. The van der Waals surface area contributed by atoms with Gasteiger partial charge in [0.1, 0.15) is 0 Å². The lowest BCUT2D eigenvalue weighted by atomic mass is 9.88. The van der Waals surface area contributed by atoms with Gasteiger partial charge in [0.15, 0.2) is 11.4 Å². The molecule has 0 saturated heterocycles. The molecule has 2 N–H and O–H groups in total. The summed E-state index contributed by atoms with van der Waals surface area (Å²) in [4.78, 5) is 37.1. The van der Waals surface area contributed by atoms with Crippen molar-refractivity contribution < 1.29 is 19.1 Å². The lowest BCUT2D eigenvalue weighted by molar-refractivity contribution is -0.142. The summed E-state index contributed by atoms with van der Waals surface area (Å²) in [7, 11) is 0. The molecule has 2 atom stereocenters. The van der Waals surface area contributed by atoms with Crippen molar-refractivity contribution in [2.45, 2.75) is 19.3 Å². The number of carboxylic acid groups (broad SMARTS) is 1. The number of carbonyl (C=O) groups is 2. The van der Waals surface area contributed by atoms with E-state index >= 15 is 0 Å². The Bertz CT molecular complexity index is 741. The molecule has 1 saturated carbocycles. The van der Waals surface area contributed by atoms with Crippen LogP contribution >= 0.6 is 0 Å². The Kier molecular flexibility index (Phi) is 2.93. The maximum atomic E-state index is 12.4. The third kappa shape index (κ3) is 2.03. The second kappa shape index (κ2) is 4.63. The van der Waals surface area contributed by atoms with Crippen LogP contribution in [0.5, 0.6) is 0 Å². The molecule has 20 heavy (non-hydrogen) atoms. The number of Topliss-reactive ketones (excluding diaryl/α,β-unsaturated/α-hetero) is 1. The number of fused-ring (bicyclic) bond motifs is 1. The van der Waals surface area contributed by atoms with Gasteiger partial charge in [-0.15, -0.1) is 0 Å². The second-order valence-electron chi connectivity index (χ2n) is 5.07. The van der Waals surface area contributed by atoms with Gasteiger partial charge >= 0.3 is 11.7 Å². The fourth-order valence-electron chi connectivity index (χ4n) is 2.88. The number of oxazole rings is 1. The highest BCUT2D eigenvalue weighted by molar-refractivity contribution is 6.02. The van der Waals surface area contributed by atoms with Crippen LogP contribution in [0.3, 0.4) is 0 Å². The fraction of sp³-hybridized carbons (Fsp3) is 0.357. The average molecular weight is 275 g/mol. The van der Waals surface area contributed by atoms with Gasteiger partial charge in [-0.25, -0.2) is 4.79 Å². The molecule has 0 spiro atoms. The molecule has 0 aliphatic heterocycles. The number of hydrogen-bond acceptors (Lipinski definition) is 4. The van der Waals surface area contributed by atoms with E-state index in [1.807, 2.05) is 0 Å². The Morgan fingerprint density at radius 2 is 2.00 bits per heavy atom. The number of H-pyrrole nitrogens is 1. The summed E-state index contributed by atoms with van der Waals surface area (Å²) in [6.45, 7) is 0. The highest BCUT2D eigenvalue weighted by Crippen LogP contribution is 2.34. The SMILES string of the molecule is O=C(O)C1CCCC1C(=O)c1ccc2[nH]c(=O)oc2c1. The molecule has 2 unspecified atom stereocenters. The van der Waals surface area contributed by atoms with Crippen LogP contribution in [0.4, 0.5) is 0 Å². The average Bonchev–Trinajstić information content (AvgIpc) is 3.01. The lowest BCUT2D eigenvalue weighted by Gasteiger charge is -2.14. The van der Waals surface area contributed by atoms with Crippen LogP contribution in [0.25, 0.3) is 11.1 Å². The molecule has 6 heteroatoms. The zero-order chi connectivity index (χ0) is 14.3. The lowest BCUT2D eigenvalue weighted by Crippen LogP contribution is -2.25. The molecule has 0 amide bonds. The minimum absolute atomic E-state index is 0.194. The van der Waals surface area contributed by atoms with Gasteiger partial charge in [0, 0.05) is 11.5 Å². The highest BCUT2D eigenvalue weighted by Gasteiger charge is 2.38. The minimum Gasteiger partial charge on any atom is -0.481 e. The van der Waals surface area contributed by atoms with Crippen molar-refractivity contribution in [3.63, 3.8) is 0 Å². The third-order valence-corrected chi connectivity index (χ3v) is 3.88. The summed E-state index contributed by atoms with van der Waals surface area (Å²) in [5.74, 6) is -2.79. The van der Waals surface area contributed by atoms with Gasteiger partial charge in [-0.05, 0) is 31.0 Å². The molecule has 2 aromatic rings. The van der Waals surface area contributed by atoms with Crippen LogP contribution in [0.1, 0.15) is 29.6 Å². The number of rotatable bonds is 3. The van der Waals surface area contributed by atoms with Crippen LogP contribution in [0, 0.1) is 11.8 Å². The summed E-state index contributed by atoms with van der Waals surface area (Å²) in [5.41, 5.74) is 1.22. The number of aromatic nitrogens is 1. The zero-order valence-corrected chi connectivity index (χ0v) is 10.6. The van der Waals surface area contributed by atoms with E-state index in [-0.39, 0.29) is 5.78 Å². The third-order valence-electron chi connectivity index (χ3n) is 3.88. The Morgan fingerprint density at radius 1 is 1.25 bits per heavy atom. The van der Waals surface area contributed by atoms with Crippen molar-refractivity contribution in [2.24, 2.45) is 11.8 Å². The number of carboxylic acids is 1. The van der Waals surface area contributed by atoms with Crippen LogP contribution < -0.4 is 5.76 Å². The summed E-state index contributed by atoms with van der Waals surface area (Å²) in [5, 5.41) is 9.14. The van der Waals surface area contributed by atoms with Crippen LogP contribution in [-0.2, 0) is 4.79 Å². The first-order valence-corrected chi connectivity index (χ1v) is 6.46. The number of benzene rings is 1. The van der Waals surface area contributed by atoms with Gasteiger partial charge in [0.25, 0.3) is 0 Å². The van der Waals surface area contributed by atoms with E-state index in [2.05, 4.69) is 4.98 Å². The van der Waals surface area contributed by atoms with Crippen molar-refractivity contribution in [1.82, 2.24) is 4.98 Å². The van der Waals surface area contributed by atoms with Gasteiger partial charge in [0.05, 0.1) is 11.4 Å². The van der Waals surface area contributed by atoms with Crippen molar-refractivity contribution >= 4 is 22.9 Å². The Hall–Kier alpha value is -2.37. The van der Waals surface area contributed by atoms with E-state index in [1.165, 1.54) is 6.07 Å². The van der Waals surface area contributed by atoms with E-state index in [9.17, 15) is 14.4 Å². The van der Waals surface area contributed by atoms with E-state index in [0.29, 0.717) is 29.5 Å². The number of nitrogens with one attached hydrogen (secondary N) is 1. The fourth-order valence-corrected chi connectivity index (χ4v) is 2.88. The predicted molar refractivity (Wildman–Crippen MR) is 69.6 cm³/mol. The number of aliphatic carboxylic acids is 1. The van der Waals surface area contributed by atoms with Crippen molar-refractivity contribution in [3.05, 3.63) is 34.3 Å². The van der Waals surface area contributed by atoms with Gasteiger partial charge in [-0.3, -0.25) is 14.6 Å². The van der Waals surface area contributed by atoms with Gasteiger partial charge in [-0.2, -0.15) is 0 Å². The summed E-state index contributed by atoms with van der Waals surface area (Å²) >= 11 is 0. The number of carbonyl (C=O) groups excluding carboxylic acids is 1. The monoisotopic (exact) mass is 275 g/mol. The molecule has 6 nitrogen and oxygen atoms in total. The molecule has 1 heterocycles. The number of ketones is 1. The van der Waals surface area contributed by atoms with Crippen LogP contribution in [0.15, 0.2) is 27.4 Å². The highest BCUT2D eigenvalue weighted by atomic mass is 16.4. The Balaban J connectivity index is 1.95. The molecule has 3 rings (SSSR count). The van der Waals surface area contributed by atoms with E-state index < -0.39 is 23.6 Å². The van der Waals surface area contributed by atoms with Crippen molar-refractivity contribution in [2.75, 3.05) is 0 Å². The van der Waals surface area contributed by atoms with Gasteiger partial charge in [0.2, 0.25) is 0 Å². The van der Waals surface area contributed by atoms with Crippen LogP contribution in [0.2, 0.25) is 0 Å². The standard InChI is InChI=1S/C14H13NO5/c16-12(8-2-1-3-9(8)13(17)18)7-4-5-10-11(6-7)20-14(19)15-10/h4-6,8-9H,1-3H2,(H,15,19)(H,17,18). The summed E-state index contributed by atoms with van der Waals surface area (Å²) < 4.78 is 4.92. The molecule has 1 fully saturated rings. The first kappa shape index (κ1) is 12.7. The quantitative estimate of drug-likeness (QED) is 0.832.